The number of aliphatic hydroxyl groups is 1. The van der Waals surface area contributed by atoms with Gasteiger partial charge in [-0.15, -0.1) is 0 Å². The van der Waals surface area contributed by atoms with Crippen molar-refractivity contribution in [2.75, 3.05) is 12.3 Å². The summed E-state index contributed by atoms with van der Waals surface area (Å²) in [5.41, 5.74) is 7.66. The molecule has 0 aliphatic carbocycles. The SMILES string of the molecule is C[C@H](CCc1ccccc1)NC[C@H](O)c1ccc(N)nc1. The van der Waals surface area contributed by atoms with Gasteiger partial charge in [-0.25, -0.2) is 4.98 Å². The zero-order valence-electron chi connectivity index (χ0n) is 12.4. The Balaban J connectivity index is 1.73. The van der Waals surface area contributed by atoms with Crippen molar-refractivity contribution in [2.45, 2.75) is 31.9 Å². The van der Waals surface area contributed by atoms with Gasteiger partial charge in [-0.2, -0.15) is 0 Å². The second kappa shape index (κ2) is 7.76. The molecule has 4 heteroatoms. The van der Waals surface area contributed by atoms with Gasteiger partial charge in [0.2, 0.25) is 0 Å². The number of hydrogen-bond donors (Lipinski definition) is 3. The van der Waals surface area contributed by atoms with Crippen molar-refractivity contribution in [2.24, 2.45) is 0 Å². The highest BCUT2D eigenvalue weighted by Gasteiger charge is 2.10. The molecule has 0 unspecified atom stereocenters. The number of rotatable bonds is 7. The standard InChI is InChI=1S/C17H23N3O/c1-13(7-8-14-5-3-2-4-6-14)19-12-16(21)15-9-10-17(18)20-11-15/h2-6,9-11,13,16,19,21H,7-8,12H2,1H3,(H2,18,20)/t13-,16+/m1/s1. The van der Waals surface area contributed by atoms with Gasteiger partial charge < -0.3 is 16.2 Å². The van der Waals surface area contributed by atoms with Crippen LogP contribution in [0.25, 0.3) is 0 Å². The molecule has 0 radical (unpaired) electrons. The molecule has 4 nitrogen and oxygen atoms in total. The lowest BCUT2D eigenvalue weighted by Gasteiger charge is -2.17. The van der Waals surface area contributed by atoms with Crippen molar-refractivity contribution in [1.82, 2.24) is 10.3 Å². The predicted octanol–water partition coefficient (Wildman–Crippen LogP) is 2.31. The molecule has 0 aliphatic rings. The minimum atomic E-state index is -0.558. The fraction of sp³-hybridized carbons (Fsp3) is 0.353. The Morgan fingerprint density at radius 2 is 1.95 bits per heavy atom. The topological polar surface area (TPSA) is 71.2 Å². The first-order chi connectivity index (χ1) is 10.1. The molecule has 0 aliphatic heterocycles. The number of nitrogens with two attached hydrogens (primary N) is 1. The Kier molecular flexibility index (Phi) is 5.72. The highest BCUT2D eigenvalue weighted by atomic mass is 16.3. The highest BCUT2D eigenvalue weighted by Crippen LogP contribution is 2.12. The summed E-state index contributed by atoms with van der Waals surface area (Å²) in [5, 5.41) is 13.5. The number of hydrogen-bond acceptors (Lipinski definition) is 4. The van der Waals surface area contributed by atoms with E-state index in [0.717, 1.165) is 18.4 Å². The molecule has 0 saturated carbocycles. The summed E-state index contributed by atoms with van der Waals surface area (Å²) in [6, 6.07) is 14.3. The maximum absolute atomic E-state index is 10.1. The van der Waals surface area contributed by atoms with Crippen LogP contribution in [0.3, 0.4) is 0 Å². The molecule has 0 saturated heterocycles. The van der Waals surface area contributed by atoms with E-state index in [-0.39, 0.29) is 0 Å². The van der Waals surface area contributed by atoms with E-state index in [9.17, 15) is 5.11 Å². The molecule has 1 heterocycles. The molecular weight excluding hydrogens is 262 g/mol. The Hall–Kier alpha value is -1.91. The van der Waals surface area contributed by atoms with Gasteiger partial charge in [0.25, 0.3) is 0 Å². The molecule has 21 heavy (non-hydrogen) atoms. The van der Waals surface area contributed by atoms with Crippen LogP contribution >= 0.6 is 0 Å². The fourth-order valence-corrected chi connectivity index (χ4v) is 2.17. The van der Waals surface area contributed by atoms with E-state index >= 15 is 0 Å². The maximum atomic E-state index is 10.1. The third-order valence-electron chi connectivity index (χ3n) is 3.56. The van der Waals surface area contributed by atoms with Gasteiger partial charge in [-0.05, 0) is 31.4 Å². The molecule has 4 N–H and O–H groups in total. The van der Waals surface area contributed by atoms with Crippen molar-refractivity contribution in [1.29, 1.82) is 0 Å². The van der Waals surface area contributed by atoms with Crippen LogP contribution in [0.4, 0.5) is 5.82 Å². The van der Waals surface area contributed by atoms with Gasteiger partial charge >= 0.3 is 0 Å². The van der Waals surface area contributed by atoms with Crippen LogP contribution in [0, 0.1) is 0 Å². The molecule has 2 atom stereocenters. The molecule has 112 valence electrons. The molecule has 0 spiro atoms. The molecule has 1 aromatic carbocycles. The second-order valence-electron chi connectivity index (χ2n) is 5.37. The van der Waals surface area contributed by atoms with Gasteiger partial charge in [-0.1, -0.05) is 36.4 Å². The summed E-state index contributed by atoms with van der Waals surface area (Å²) in [6.45, 7) is 2.65. The van der Waals surface area contributed by atoms with E-state index in [1.54, 1.807) is 12.3 Å². The summed E-state index contributed by atoms with van der Waals surface area (Å²) in [7, 11) is 0. The minimum Gasteiger partial charge on any atom is -0.387 e. The second-order valence-corrected chi connectivity index (χ2v) is 5.37. The van der Waals surface area contributed by atoms with Crippen molar-refractivity contribution >= 4 is 5.82 Å². The van der Waals surface area contributed by atoms with E-state index < -0.39 is 6.10 Å². The van der Waals surface area contributed by atoms with Gasteiger partial charge in [0.1, 0.15) is 5.82 Å². The number of benzene rings is 1. The number of nitrogens with zero attached hydrogens (tertiary/aromatic N) is 1. The largest absolute Gasteiger partial charge is 0.387 e. The first kappa shape index (κ1) is 15.5. The summed E-state index contributed by atoms with van der Waals surface area (Å²) in [5.74, 6) is 0.468. The third-order valence-corrected chi connectivity index (χ3v) is 3.56. The van der Waals surface area contributed by atoms with Crippen molar-refractivity contribution in [3.8, 4) is 0 Å². The van der Waals surface area contributed by atoms with E-state index in [0.29, 0.717) is 18.4 Å². The Bertz CT molecular complexity index is 527. The number of nitrogens with one attached hydrogen (secondary N) is 1. The average Bonchev–Trinajstić information content (AvgIpc) is 2.52. The quantitative estimate of drug-likeness (QED) is 0.730. The van der Waals surface area contributed by atoms with E-state index in [4.69, 9.17) is 5.73 Å². The van der Waals surface area contributed by atoms with Crippen LogP contribution in [0.15, 0.2) is 48.7 Å². The third kappa shape index (κ3) is 5.17. The smallest absolute Gasteiger partial charge is 0.123 e. The summed E-state index contributed by atoms with van der Waals surface area (Å²) in [6.07, 6.45) is 3.14. The Morgan fingerprint density at radius 1 is 1.19 bits per heavy atom. The predicted molar refractivity (Wildman–Crippen MR) is 85.8 cm³/mol. The lowest BCUT2D eigenvalue weighted by atomic mass is 10.1. The van der Waals surface area contributed by atoms with Crippen LogP contribution in [0.2, 0.25) is 0 Å². The molecule has 2 aromatic rings. The van der Waals surface area contributed by atoms with Crippen LogP contribution < -0.4 is 11.1 Å². The number of aryl methyl sites for hydroxylation is 1. The molecule has 0 fully saturated rings. The molecule has 0 bridgehead atoms. The van der Waals surface area contributed by atoms with Crippen LogP contribution in [0.1, 0.15) is 30.6 Å². The average molecular weight is 285 g/mol. The molecular formula is C17H23N3O. The number of pyridine rings is 1. The number of nitrogen functional groups attached to an aromatic ring is 1. The molecule has 2 rings (SSSR count). The normalized spacial score (nSPS) is 13.8. The zero-order valence-corrected chi connectivity index (χ0v) is 12.4. The Labute approximate surface area is 126 Å². The summed E-state index contributed by atoms with van der Waals surface area (Å²) >= 11 is 0. The zero-order chi connectivity index (χ0) is 15.1. The summed E-state index contributed by atoms with van der Waals surface area (Å²) < 4.78 is 0. The van der Waals surface area contributed by atoms with Gasteiger partial charge in [0, 0.05) is 24.3 Å². The Morgan fingerprint density at radius 3 is 2.62 bits per heavy atom. The van der Waals surface area contributed by atoms with E-state index in [2.05, 4.69) is 41.5 Å². The number of aromatic nitrogens is 1. The minimum absolute atomic E-state index is 0.349. The lowest BCUT2D eigenvalue weighted by molar-refractivity contribution is 0.169. The van der Waals surface area contributed by atoms with Crippen LogP contribution in [0.5, 0.6) is 0 Å². The number of aliphatic hydroxyl groups excluding tert-OH is 1. The van der Waals surface area contributed by atoms with E-state index in [1.807, 2.05) is 12.1 Å². The summed E-state index contributed by atoms with van der Waals surface area (Å²) in [4.78, 5) is 3.99. The van der Waals surface area contributed by atoms with Crippen molar-refractivity contribution in [3.05, 3.63) is 59.8 Å². The van der Waals surface area contributed by atoms with Gasteiger partial charge in [0.05, 0.1) is 6.10 Å². The first-order valence-corrected chi connectivity index (χ1v) is 7.32. The molecule has 0 amide bonds. The van der Waals surface area contributed by atoms with Gasteiger partial charge in [0.15, 0.2) is 0 Å². The first-order valence-electron chi connectivity index (χ1n) is 7.32. The van der Waals surface area contributed by atoms with Gasteiger partial charge in [-0.3, -0.25) is 0 Å². The van der Waals surface area contributed by atoms with Crippen molar-refractivity contribution < 1.29 is 5.11 Å². The van der Waals surface area contributed by atoms with Crippen molar-refractivity contribution in [3.63, 3.8) is 0 Å². The monoisotopic (exact) mass is 285 g/mol. The lowest BCUT2D eigenvalue weighted by Crippen LogP contribution is -2.30. The highest BCUT2D eigenvalue weighted by molar-refractivity contribution is 5.30. The van der Waals surface area contributed by atoms with E-state index in [1.165, 1.54) is 5.56 Å². The fourth-order valence-electron chi connectivity index (χ4n) is 2.17. The number of anilines is 1. The maximum Gasteiger partial charge on any atom is 0.123 e. The van der Waals surface area contributed by atoms with Crippen LogP contribution in [-0.2, 0) is 6.42 Å². The van der Waals surface area contributed by atoms with Crippen LogP contribution in [-0.4, -0.2) is 22.7 Å². The molecule has 1 aromatic heterocycles.